The zero-order valence-corrected chi connectivity index (χ0v) is 13.9. The van der Waals surface area contributed by atoms with Gasteiger partial charge in [0.15, 0.2) is 0 Å². The molecule has 1 amide bonds. The minimum Gasteiger partial charge on any atom is -0.338 e. The number of hydrogen-bond acceptors (Lipinski definition) is 2. The van der Waals surface area contributed by atoms with Crippen molar-refractivity contribution < 1.29 is 4.79 Å². The second-order valence-corrected chi connectivity index (χ2v) is 7.46. The van der Waals surface area contributed by atoms with Crippen LogP contribution in [-0.2, 0) is 6.42 Å². The zero-order chi connectivity index (χ0) is 15.4. The minimum absolute atomic E-state index is 0.222. The van der Waals surface area contributed by atoms with Crippen LogP contribution in [0.15, 0.2) is 42.5 Å². The smallest absolute Gasteiger partial charge is 0.263 e. The monoisotopic (exact) mass is 313 g/mol. The first-order chi connectivity index (χ1) is 10.7. The van der Waals surface area contributed by atoms with Crippen LogP contribution in [0.4, 0.5) is 0 Å². The molecule has 3 rings (SSSR count). The molecule has 116 valence electrons. The molecule has 0 radical (unpaired) electrons. The van der Waals surface area contributed by atoms with Crippen molar-refractivity contribution in [2.45, 2.75) is 32.6 Å². The number of likely N-dealkylation sites (tertiary alicyclic amines) is 1. The summed E-state index contributed by atoms with van der Waals surface area (Å²) < 4.78 is 0. The Morgan fingerprint density at radius 2 is 1.86 bits per heavy atom. The van der Waals surface area contributed by atoms with Crippen LogP contribution in [0, 0.1) is 12.8 Å². The highest BCUT2D eigenvalue weighted by atomic mass is 32.1. The molecule has 0 saturated carbocycles. The summed E-state index contributed by atoms with van der Waals surface area (Å²) in [5.74, 6) is 0.980. The highest BCUT2D eigenvalue weighted by Gasteiger charge is 2.24. The average molecular weight is 313 g/mol. The Labute approximate surface area is 136 Å². The van der Waals surface area contributed by atoms with Crippen LogP contribution in [0.5, 0.6) is 0 Å². The fourth-order valence-electron chi connectivity index (χ4n) is 3.15. The number of amides is 1. The van der Waals surface area contributed by atoms with Crippen molar-refractivity contribution in [2.75, 3.05) is 13.1 Å². The van der Waals surface area contributed by atoms with Crippen molar-refractivity contribution in [3.8, 4) is 0 Å². The Bertz CT molecular complexity index is 611. The number of thiophene rings is 1. The second kappa shape index (κ2) is 7.10. The van der Waals surface area contributed by atoms with Crippen molar-refractivity contribution in [3.63, 3.8) is 0 Å². The lowest BCUT2D eigenvalue weighted by molar-refractivity contribution is 0.0692. The van der Waals surface area contributed by atoms with Gasteiger partial charge in [-0.05, 0) is 56.2 Å². The second-order valence-electron chi connectivity index (χ2n) is 6.17. The van der Waals surface area contributed by atoms with E-state index in [-0.39, 0.29) is 5.91 Å². The summed E-state index contributed by atoms with van der Waals surface area (Å²) in [6, 6.07) is 14.7. The summed E-state index contributed by atoms with van der Waals surface area (Å²) in [5, 5.41) is 0. The fourth-order valence-corrected chi connectivity index (χ4v) is 3.98. The van der Waals surface area contributed by atoms with Gasteiger partial charge in [0, 0.05) is 18.0 Å². The molecule has 0 N–H and O–H groups in total. The first kappa shape index (κ1) is 15.3. The Kier molecular flexibility index (Phi) is 4.94. The molecule has 0 aliphatic carbocycles. The molecule has 1 fully saturated rings. The Morgan fingerprint density at radius 3 is 2.50 bits per heavy atom. The molecule has 2 aromatic rings. The lowest BCUT2D eigenvalue weighted by Gasteiger charge is -2.31. The molecule has 0 unspecified atom stereocenters. The van der Waals surface area contributed by atoms with Gasteiger partial charge >= 0.3 is 0 Å². The fraction of sp³-hybridized carbons (Fsp3) is 0.421. The number of carbonyl (C=O) groups excluding carboxylic acids is 1. The van der Waals surface area contributed by atoms with Crippen LogP contribution in [0.1, 0.15) is 39.4 Å². The van der Waals surface area contributed by atoms with Crippen LogP contribution in [0.2, 0.25) is 0 Å². The van der Waals surface area contributed by atoms with Gasteiger partial charge in [0.25, 0.3) is 5.91 Å². The van der Waals surface area contributed by atoms with Crippen molar-refractivity contribution in [3.05, 3.63) is 57.8 Å². The lowest BCUT2D eigenvalue weighted by Crippen LogP contribution is -2.38. The Balaban J connectivity index is 1.47. The number of nitrogens with zero attached hydrogens (tertiary/aromatic N) is 1. The van der Waals surface area contributed by atoms with Crippen LogP contribution < -0.4 is 0 Å². The van der Waals surface area contributed by atoms with Gasteiger partial charge in [-0.3, -0.25) is 4.79 Å². The number of carbonyl (C=O) groups is 1. The molecular formula is C19H23NOS. The summed E-state index contributed by atoms with van der Waals surface area (Å²) in [6.45, 7) is 3.88. The zero-order valence-electron chi connectivity index (χ0n) is 13.1. The van der Waals surface area contributed by atoms with Crippen LogP contribution in [0.25, 0.3) is 0 Å². The molecular weight excluding hydrogens is 290 g/mol. The van der Waals surface area contributed by atoms with Crippen molar-refractivity contribution in [1.29, 1.82) is 0 Å². The molecule has 1 aromatic heterocycles. The minimum atomic E-state index is 0.222. The molecule has 1 aliphatic rings. The largest absolute Gasteiger partial charge is 0.338 e. The van der Waals surface area contributed by atoms with E-state index in [1.165, 1.54) is 16.9 Å². The first-order valence-corrected chi connectivity index (χ1v) is 8.93. The van der Waals surface area contributed by atoms with E-state index in [9.17, 15) is 4.79 Å². The number of aryl methyl sites for hydroxylation is 2. The molecule has 0 atom stereocenters. The van der Waals surface area contributed by atoms with E-state index in [0.717, 1.165) is 43.1 Å². The summed E-state index contributed by atoms with van der Waals surface area (Å²) >= 11 is 1.61. The van der Waals surface area contributed by atoms with Crippen LogP contribution in [-0.4, -0.2) is 23.9 Å². The first-order valence-electron chi connectivity index (χ1n) is 8.12. The molecule has 2 nitrogen and oxygen atoms in total. The van der Waals surface area contributed by atoms with Crippen molar-refractivity contribution >= 4 is 17.2 Å². The van der Waals surface area contributed by atoms with Gasteiger partial charge in [-0.25, -0.2) is 0 Å². The normalized spacial score (nSPS) is 16.0. The van der Waals surface area contributed by atoms with E-state index < -0.39 is 0 Å². The van der Waals surface area contributed by atoms with Crippen LogP contribution >= 0.6 is 11.3 Å². The highest BCUT2D eigenvalue weighted by molar-refractivity contribution is 7.13. The third-order valence-corrected chi connectivity index (χ3v) is 5.53. The summed E-state index contributed by atoms with van der Waals surface area (Å²) in [7, 11) is 0. The highest BCUT2D eigenvalue weighted by Crippen LogP contribution is 2.25. The maximum Gasteiger partial charge on any atom is 0.263 e. The molecule has 0 bridgehead atoms. The summed E-state index contributed by atoms with van der Waals surface area (Å²) in [6.07, 6.45) is 4.68. The SMILES string of the molecule is Cc1ccc(C(=O)N2CCC(CCc3ccccc3)CC2)s1. The maximum absolute atomic E-state index is 12.4. The van der Waals surface area contributed by atoms with Crippen LogP contribution in [0.3, 0.4) is 0 Å². The van der Waals surface area contributed by atoms with Gasteiger partial charge in [0.05, 0.1) is 4.88 Å². The summed E-state index contributed by atoms with van der Waals surface area (Å²) in [5.41, 5.74) is 1.43. The predicted molar refractivity (Wildman–Crippen MR) is 92.4 cm³/mol. The molecule has 1 aliphatic heterocycles. The molecule has 22 heavy (non-hydrogen) atoms. The lowest BCUT2D eigenvalue weighted by atomic mass is 9.90. The van der Waals surface area contributed by atoms with Gasteiger partial charge in [0.1, 0.15) is 0 Å². The predicted octanol–water partition coefficient (Wildman–Crippen LogP) is 4.54. The summed E-state index contributed by atoms with van der Waals surface area (Å²) in [4.78, 5) is 16.6. The molecule has 3 heteroatoms. The van der Waals surface area contributed by atoms with Crippen molar-refractivity contribution in [1.82, 2.24) is 4.90 Å². The van der Waals surface area contributed by atoms with Gasteiger partial charge < -0.3 is 4.90 Å². The third-order valence-electron chi connectivity index (χ3n) is 4.54. The van der Waals surface area contributed by atoms with E-state index in [1.54, 1.807) is 11.3 Å². The standard InChI is InChI=1S/C19H23NOS/c1-15-7-10-18(22-15)19(21)20-13-11-17(12-14-20)9-8-16-5-3-2-4-6-16/h2-7,10,17H,8-9,11-14H2,1H3. The molecule has 2 heterocycles. The van der Waals surface area contributed by atoms with E-state index in [4.69, 9.17) is 0 Å². The Morgan fingerprint density at radius 1 is 1.14 bits per heavy atom. The van der Waals surface area contributed by atoms with Gasteiger partial charge in [-0.1, -0.05) is 30.3 Å². The van der Waals surface area contributed by atoms with E-state index >= 15 is 0 Å². The maximum atomic E-state index is 12.4. The number of benzene rings is 1. The van der Waals surface area contributed by atoms with E-state index in [2.05, 4.69) is 37.3 Å². The third kappa shape index (κ3) is 3.77. The van der Waals surface area contributed by atoms with Crippen molar-refractivity contribution in [2.24, 2.45) is 5.92 Å². The number of hydrogen-bond donors (Lipinski definition) is 0. The average Bonchev–Trinajstić information content (AvgIpc) is 3.00. The van der Waals surface area contributed by atoms with E-state index in [1.807, 2.05) is 17.0 Å². The quantitative estimate of drug-likeness (QED) is 0.811. The van der Waals surface area contributed by atoms with E-state index in [0.29, 0.717) is 0 Å². The molecule has 1 saturated heterocycles. The van der Waals surface area contributed by atoms with Gasteiger partial charge in [-0.2, -0.15) is 0 Å². The topological polar surface area (TPSA) is 20.3 Å². The number of piperidine rings is 1. The van der Waals surface area contributed by atoms with Gasteiger partial charge in [0.2, 0.25) is 0 Å². The molecule has 1 aromatic carbocycles. The Hall–Kier alpha value is -1.61. The number of rotatable bonds is 4. The van der Waals surface area contributed by atoms with Gasteiger partial charge in [-0.15, -0.1) is 11.3 Å². The molecule has 0 spiro atoms.